The van der Waals surface area contributed by atoms with E-state index in [2.05, 4.69) is 15.3 Å². The second-order valence-electron chi connectivity index (χ2n) is 4.43. The molecule has 98 valence electrons. The molecule has 0 bridgehead atoms. The summed E-state index contributed by atoms with van der Waals surface area (Å²) in [5.41, 5.74) is 2.07. The topological polar surface area (TPSA) is 77.2 Å². The minimum Gasteiger partial charge on any atom is -0.222 e. The Kier molecular flexibility index (Phi) is 3.10. The zero-order valence-electron chi connectivity index (χ0n) is 10.9. The van der Waals surface area contributed by atoms with Crippen LogP contribution in [0.25, 0.3) is 5.65 Å². The predicted octanol–water partition coefficient (Wildman–Crippen LogP) is 1.10. The summed E-state index contributed by atoms with van der Waals surface area (Å²) >= 11 is 0. The van der Waals surface area contributed by atoms with Crippen LogP contribution in [0, 0.1) is 13.8 Å². The van der Waals surface area contributed by atoms with Crippen LogP contribution in [0.1, 0.15) is 30.3 Å². The fourth-order valence-corrected chi connectivity index (χ4v) is 2.82. The molecule has 0 amide bonds. The van der Waals surface area contributed by atoms with Gasteiger partial charge in [0.25, 0.3) is 0 Å². The van der Waals surface area contributed by atoms with E-state index in [4.69, 9.17) is 0 Å². The van der Waals surface area contributed by atoms with Crippen LogP contribution in [0.3, 0.4) is 0 Å². The molecule has 0 saturated heterocycles. The van der Waals surface area contributed by atoms with E-state index in [1.165, 1.54) is 0 Å². The van der Waals surface area contributed by atoms with Gasteiger partial charge < -0.3 is 0 Å². The van der Waals surface area contributed by atoms with E-state index in [0.29, 0.717) is 17.0 Å². The number of hydrogen-bond acceptors (Lipinski definition) is 5. The maximum absolute atomic E-state index is 11.7. The van der Waals surface area contributed by atoms with Gasteiger partial charge in [0.15, 0.2) is 26.3 Å². The lowest BCUT2D eigenvalue weighted by Gasteiger charge is -2.07. The maximum Gasteiger partial charge on any atom is 0.194 e. The highest BCUT2D eigenvalue weighted by Crippen LogP contribution is 2.19. The first-order valence-corrected chi connectivity index (χ1v) is 7.67. The van der Waals surface area contributed by atoms with Gasteiger partial charge in [-0.1, -0.05) is 6.92 Å². The monoisotopic (exact) mass is 268 g/mol. The molecule has 0 aromatic carbocycles. The van der Waals surface area contributed by atoms with Crippen molar-refractivity contribution in [3.8, 4) is 0 Å². The maximum atomic E-state index is 11.7. The second kappa shape index (κ2) is 4.31. The van der Waals surface area contributed by atoms with E-state index >= 15 is 0 Å². The molecule has 0 aliphatic heterocycles. The highest BCUT2D eigenvalue weighted by molar-refractivity contribution is 7.90. The van der Waals surface area contributed by atoms with Gasteiger partial charge >= 0.3 is 0 Å². The minimum atomic E-state index is -3.34. The standard InChI is InChI=1S/C11H16N4O2S/c1-5-6-9-12-13-10-7(2)8(3)11(14-15(9)10)18(4,16)17/h5-6H2,1-4H3. The molecule has 0 N–H and O–H groups in total. The summed E-state index contributed by atoms with van der Waals surface area (Å²) < 4.78 is 25.0. The average molecular weight is 268 g/mol. The molecule has 7 heteroatoms. The van der Waals surface area contributed by atoms with Crippen LogP contribution >= 0.6 is 0 Å². The van der Waals surface area contributed by atoms with Gasteiger partial charge in [-0.15, -0.1) is 10.2 Å². The Hall–Kier alpha value is -1.50. The first kappa shape index (κ1) is 12.9. The Morgan fingerprint density at radius 2 is 1.83 bits per heavy atom. The predicted molar refractivity (Wildman–Crippen MR) is 67.4 cm³/mol. The van der Waals surface area contributed by atoms with E-state index < -0.39 is 9.84 Å². The van der Waals surface area contributed by atoms with Gasteiger partial charge in [0.1, 0.15) is 0 Å². The molecule has 0 saturated carbocycles. The van der Waals surface area contributed by atoms with Crippen LogP contribution in [0.15, 0.2) is 5.03 Å². The van der Waals surface area contributed by atoms with Crippen molar-refractivity contribution < 1.29 is 8.42 Å². The Bertz CT molecular complexity index is 703. The van der Waals surface area contributed by atoms with Gasteiger partial charge in [-0.3, -0.25) is 0 Å². The molecule has 2 aromatic heterocycles. The van der Waals surface area contributed by atoms with Crippen molar-refractivity contribution in [1.82, 2.24) is 19.8 Å². The van der Waals surface area contributed by atoms with Gasteiger partial charge in [0.2, 0.25) is 0 Å². The normalized spacial score (nSPS) is 12.2. The lowest BCUT2D eigenvalue weighted by atomic mass is 10.2. The summed E-state index contributed by atoms with van der Waals surface area (Å²) in [5.74, 6) is 0.695. The summed E-state index contributed by atoms with van der Waals surface area (Å²) in [4.78, 5) is 0. The Labute approximate surface area is 106 Å². The van der Waals surface area contributed by atoms with E-state index in [0.717, 1.165) is 24.7 Å². The van der Waals surface area contributed by atoms with Gasteiger partial charge in [-0.25, -0.2) is 8.42 Å². The molecule has 0 unspecified atom stereocenters. The first-order chi connectivity index (χ1) is 8.36. The highest BCUT2D eigenvalue weighted by Gasteiger charge is 2.19. The van der Waals surface area contributed by atoms with Crippen molar-refractivity contribution in [3.05, 3.63) is 17.0 Å². The molecule has 0 atom stereocenters. The van der Waals surface area contributed by atoms with Crippen molar-refractivity contribution in [2.24, 2.45) is 0 Å². The van der Waals surface area contributed by atoms with E-state index in [1.54, 1.807) is 11.4 Å². The number of fused-ring (bicyclic) bond motifs is 1. The fraction of sp³-hybridized carbons (Fsp3) is 0.545. The number of rotatable bonds is 3. The molecule has 0 aliphatic carbocycles. The second-order valence-corrected chi connectivity index (χ2v) is 6.36. The lowest BCUT2D eigenvalue weighted by Crippen LogP contribution is -2.11. The van der Waals surface area contributed by atoms with E-state index in [-0.39, 0.29) is 5.03 Å². The highest BCUT2D eigenvalue weighted by atomic mass is 32.2. The molecule has 18 heavy (non-hydrogen) atoms. The quantitative estimate of drug-likeness (QED) is 0.833. The molecule has 0 aliphatic rings. The fourth-order valence-electron chi connectivity index (χ4n) is 1.88. The van der Waals surface area contributed by atoms with Crippen molar-refractivity contribution in [3.63, 3.8) is 0 Å². The Morgan fingerprint density at radius 3 is 2.39 bits per heavy atom. The smallest absolute Gasteiger partial charge is 0.194 e. The molecule has 2 rings (SSSR count). The molecule has 0 radical (unpaired) electrons. The number of sulfone groups is 1. The summed E-state index contributed by atoms with van der Waals surface area (Å²) in [6.45, 7) is 5.61. The van der Waals surface area contributed by atoms with Crippen molar-refractivity contribution in [2.75, 3.05) is 6.26 Å². The molecule has 0 fully saturated rings. The number of aromatic nitrogens is 4. The summed E-state index contributed by atoms with van der Waals surface area (Å²) in [6, 6.07) is 0. The van der Waals surface area contributed by atoms with Gasteiger partial charge in [0, 0.05) is 18.2 Å². The third-order valence-electron chi connectivity index (χ3n) is 2.94. The van der Waals surface area contributed by atoms with Crippen molar-refractivity contribution >= 4 is 15.5 Å². The van der Waals surface area contributed by atoms with Crippen LogP contribution in [0.2, 0.25) is 0 Å². The average Bonchev–Trinajstić information content (AvgIpc) is 2.66. The van der Waals surface area contributed by atoms with Crippen LogP contribution in [-0.4, -0.2) is 34.5 Å². The number of hydrogen-bond donors (Lipinski definition) is 0. The molecule has 2 heterocycles. The van der Waals surface area contributed by atoms with Gasteiger partial charge in [-0.05, 0) is 25.8 Å². The van der Waals surface area contributed by atoms with Crippen LogP contribution in [0.4, 0.5) is 0 Å². The van der Waals surface area contributed by atoms with Gasteiger partial charge in [-0.2, -0.15) is 9.61 Å². The molecule has 6 nitrogen and oxygen atoms in total. The first-order valence-electron chi connectivity index (χ1n) is 5.77. The molecular weight excluding hydrogens is 252 g/mol. The molecular formula is C11H16N4O2S. The summed E-state index contributed by atoms with van der Waals surface area (Å²) in [7, 11) is -3.34. The van der Waals surface area contributed by atoms with Crippen LogP contribution in [-0.2, 0) is 16.3 Å². The Morgan fingerprint density at radius 1 is 1.17 bits per heavy atom. The van der Waals surface area contributed by atoms with Crippen molar-refractivity contribution in [1.29, 1.82) is 0 Å². The molecule has 0 spiro atoms. The third-order valence-corrected chi connectivity index (χ3v) is 4.03. The molecule has 2 aromatic rings. The van der Waals surface area contributed by atoms with E-state index in [1.807, 2.05) is 13.8 Å². The zero-order valence-corrected chi connectivity index (χ0v) is 11.7. The van der Waals surface area contributed by atoms with Crippen molar-refractivity contribution in [2.45, 2.75) is 38.6 Å². The zero-order chi connectivity index (χ0) is 13.5. The number of aryl methyl sites for hydroxylation is 2. The van der Waals surface area contributed by atoms with E-state index in [9.17, 15) is 8.42 Å². The largest absolute Gasteiger partial charge is 0.222 e. The summed E-state index contributed by atoms with van der Waals surface area (Å²) in [5, 5.41) is 12.4. The van der Waals surface area contributed by atoms with Crippen LogP contribution in [0.5, 0.6) is 0 Å². The Balaban J connectivity index is 2.83. The summed E-state index contributed by atoms with van der Waals surface area (Å²) in [6.07, 6.45) is 2.79. The SMILES string of the molecule is CCCc1nnc2c(C)c(C)c(S(C)(=O)=O)nn12. The number of nitrogens with zero attached hydrogens (tertiary/aromatic N) is 4. The third kappa shape index (κ3) is 1.98. The van der Waals surface area contributed by atoms with Crippen LogP contribution < -0.4 is 0 Å². The minimum absolute atomic E-state index is 0.102. The van der Waals surface area contributed by atoms with Gasteiger partial charge in [0.05, 0.1) is 0 Å². The lowest BCUT2D eigenvalue weighted by molar-refractivity contribution is 0.592.